The highest BCUT2D eigenvalue weighted by atomic mass is 14.9. The minimum atomic E-state index is 0.888. The van der Waals surface area contributed by atoms with Gasteiger partial charge in [0.15, 0.2) is 0 Å². The van der Waals surface area contributed by atoms with Gasteiger partial charge in [0.1, 0.15) is 11.8 Å². The van der Waals surface area contributed by atoms with Crippen LogP contribution in [0.15, 0.2) is 24.7 Å². The molecule has 68 valence electrons. The molecule has 0 atom stereocenters. The van der Waals surface area contributed by atoms with Crippen molar-refractivity contribution in [2.45, 2.75) is 6.92 Å². The van der Waals surface area contributed by atoms with Gasteiger partial charge in [-0.3, -0.25) is 4.98 Å². The molecule has 0 radical (unpaired) electrons. The first-order chi connectivity index (χ1) is 6.84. The van der Waals surface area contributed by atoms with Crippen molar-refractivity contribution in [3.05, 3.63) is 30.4 Å². The van der Waals surface area contributed by atoms with Crippen LogP contribution in [-0.2, 0) is 0 Å². The Morgan fingerprint density at radius 2 is 1.93 bits per heavy atom. The lowest BCUT2D eigenvalue weighted by Crippen LogP contribution is -1.87. The zero-order valence-corrected chi connectivity index (χ0v) is 7.65. The first kappa shape index (κ1) is 7.44. The molecule has 0 saturated heterocycles. The minimum Gasteiger partial charge on any atom is -0.354 e. The van der Waals surface area contributed by atoms with E-state index >= 15 is 0 Å². The third-order valence-electron chi connectivity index (χ3n) is 2.24. The van der Waals surface area contributed by atoms with E-state index in [1.54, 1.807) is 6.33 Å². The molecule has 0 aliphatic rings. The Bertz CT molecular complexity index is 612. The number of imidazole rings is 1. The van der Waals surface area contributed by atoms with Gasteiger partial charge in [-0.1, -0.05) is 0 Å². The smallest absolute Gasteiger partial charge is 0.117 e. The van der Waals surface area contributed by atoms with Crippen molar-refractivity contribution < 1.29 is 0 Å². The predicted octanol–water partition coefficient (Wildman–Crippen LogP) is 1.81. The Morgan fingerprint density at radius 3 is 2.86 bits per heavy atom. The van der Waals surface area contributed by atoms with Crippen molar-refractivity contribution in [1.29, 1.82) is 0 Å². The zero-order valence-electron chi connectivity index (χ0n) is 7.65. The Morgan fingerprint density at radius 1 is 1.07 bits per heavy atom. The number of aromatic amines is 1. The average molecular weight is 184 g/mol. The van der Waals surface area contributed by atoms with Crippen LogP contribution in [0.1, 0.15) is 5.69 Å². The average Bonchev–Trinajstić information content (AvgIpc) is 2.65. The van der Waals surface area contributed by atoms with Crippen LogP contribution in [0.3, 0.4) is 0 Å². The van der Waals surface area contributed by atoms with E-state index in [0.717, 1.165) is 27.8 Å². The van der Waals surface area contributed by atoms with E-state index in [2.05, 4.69) is 19.9 Å². The summed E-state index contributed by atoms with van der Waals surface area (Å²) >= 11 is 0. The molecule has 0 unspecified atom stereocenters. The fraction of sp³-hybridized carbons (Fsp3) is 0.100. The standard InChI is InChI=1S/C10H8N4/c1-6-4-11-8-3-2-7-9(10(8)14-6)13-5-12-7/h2-5,14H,1H3. The number of rotatable bonds is 0. The second-order valence-corrected chi connectivity index (χ2v) is 3.27. The van der Waals surface area contributed by atoms with Crippen LogP contribution in [-0.4, -0.2) is 19.9 Å². The Hall–Kier alpha value is -1.97. The predicted molar refractivity (Wildman–Crippen MR) is 53.9 cm³/mol. The number of hydrogen-bond acceptors (Lipinski definition) is 3. The summed E-state index contributed by atoms with van der Waals surface area (Å²) in [6, 6.07) is 3.88. The van der Waals surface area contributed by atoms with Gasteiger partial charge in [-0.05, 0) is 19.1 Å². The molecule has 0 aliphatic carbocycles. The van der Waals surface area contributed by atoms with Gasteiger partial charge in [-0.15, -0.1) is 0 Å². The highest BCUT2D eigenvalue weighted by molar-refractivity contribution is 5.99. The number of hydrogen-bond donors (Lipinski definition) is 1. The van der Waals surface area contributed by atoms with Gasteiger partial charge in [0, 0.05) is 11.9 Å². The first-order valence-corrected chi connectivity index (χ1v) is 4.39. The SMILES string of the molecule is Cc1cnc2ccc3ncnc3c2[nH]1. The van der Waals surface area contributed by atoms with Crippen LogP contribution in [0.2, 0.25) is 0 Å². The van der Waals surface area contributed by atoms with Crippen molar-refractivity contribution in [2.24, 2.45) is 0 Å². The number of nitrogens with zero attached hydrogens (tertiary/aromatic N) is 3. The van der Waals surface area contributed by atoms with Crippen LogP contribution in [0, 0.1) is 6.92 Å². The molecule has 4 heteroatoms. The molecule has 1 aromatic carbocycles. The number of aryl methyl sites for hydroxylation is 1. The highest BCUT2D eigenvalue weighted by Gasteiger charge is 2.03. The molecule has 1 N–H and O–H groups in total. The minimum absolute atomic E-state index is 0.888. The van der Waals surface area contributed by atoms with E-state index in [-0.39, 0.29) is 0 Å². The lowest BCUT2D eigenvalue weighted by molar-refractivity contribution is 1.19. The molecule has 14 heavy (non-hydrogen) atoms. The molecule has 4 nitrogen and oxygen atoms in total. The molecule has 2 aromatic heterocycles. The van der Waals surface area contributed by atoms with Crippen LogP contribution < -0.4 is 0 Å². The quantitative estimate of drug-likeness (QED) is 0.579. The zero-order chi connectivity index (χ0) is 9.54. The lowest BCUT2D eigenvalue weighted by atomic mass is 10.2. The van der Waals surface area contributed by atoms with Crippen LogP contribution >= 0.6 is 0 Å². The second-order valence-electron chi connectivity index (χ2n) is 3.27. The summed E-state index contributed by atoms with van der Waals surface area (Å²) in [7, 11) is 0. The van der Waals surface area contributed by atoms with Gasteiger partial charge in [-0.2, -0.15) is 0 Å². The lowest BCUT2D eigenvalue weighted by Gasteiger charge is -1.99. The van der Waals surface area contributed by atoms with Gasteiger partial charge < -0.3 is 4.98 Å². The van der Waals surface area contributed by atoms with Gasteiger partial charge in [0.2, 0.25) is 0 Å². The third-order valence-corrected chi connectivity index (χ3v) is 2.24. The van der Waals surface area contributed by atoms with Gasteiger partial charge in [0.25, 0.3) is 0 Å². The summed E-state index contributed by atoms with van der Waals surface area (Å²) in [4.78, 5) is 15.9. The van der Waals surface area contributed by atoms with E-state index in [1.807, 2.05) is 25.3 Å². The first-order valence-electron chi connectivity index (χ1n) is 4.39. The third kappa shape index (κ3) is 0.907. The van der Waals surface area contributed by atoms with Crippen molar-refractivity contribution in [2.75, 3.05) is 0 Å². The fourth-order valence-corrected chi connectivity index (χ4v) is 1.58. The maximum atomic E-state index is 4.31. The molecule has 0 fully saturated rings. The molecule has 0 saturated carbocycles. The molecular formula is C10H8N4. The number of aromatic nitrogens is 4. The maximum Gasteiger partial charge on any atom is 0.117 e. The highest BCUT2D eigenvalue weighted by Crippen LogP contribution is 2.18. The molecule has 0 aliphatic heterocycles. The fourth-order valence-electron chi connectivity index (χ4n) is 1.58. The molecule has 3 aromatic rings. The van der Waals surface area contributed by atoms with E-state index in [0.29, 0.717) is 0 Å². The summed E-state index contributed by atoms with van der Waals surface area (Å²) in [6.07, 6.45) is 3.38. The summed E-state index contributed by atoms with van der Waals surface area (Å²) in [5.41, 5.74) is 4.69. The molecule has 2 heterocycles. The van der Waals surface area contributed by atoms with Crippen molar-refractivity contribution in [1.82, 2.24) is 19.9 Å². The normalized spacial score (nSPS) is 11.2. The summed E-state index contributed by atoms with van der Waals surface area (Å²) in [5, 5.41) is 0. The second kappa shape index (κ2) is 2.51. The summed E-state index contributed by atoms with van der Waals surface area (Å²) < 4.78 is 0. The molecular weight excluding hydrogens is 176 g/mol. The summed E-state index contributed by atoms with van der Waals surface area (Å²) in [5.74, 6) is 0. The topological polar surface area (TPSA) is 54.5 Å². The Labute approximate surface area is 80.0 Å². The molecule has 0 spiro atoms. The van der Waals surface area contributed by atoms with Crippen molar-refractivity contribution in [3.63, 3.8) is 0 Å². The maximum absolute atomic E-state index is 4.31. The van der Waals surface area contributed by atoms with E-state index < -0.39 is 0 Å². The van der Waals surface area contributed by atoms with Crippen LogP contribution in [0.4, 0.5) is 0 Å². The van der Waals surface area contributed by atoms with Gasteiger partial charge in [-0.25, -0.2) is 9.97 Å². The van der Waals surface area contributed by atoms with Crippen LogP contribution in [0.25, 0.3) is 22.1 Å². The van der Waals surface area contributed by atoms with E-state index in [4.69, 9.17) is 0 Å². The van der Waals surface area contributed by atoms with Crippen LogP contribution in [0.5, 0.6) is 0 Å². The van der Waals surface area contributed by atoms with Gasteiger partial charge in [0.05, 0.1) is 16.6 Å². The monoisotopic (exact) mass is 184 g/mol. The largest absolute Gasteiger partial charge is 0.354 e. The molecule has 3 rings (SSSR count). The number of nitrogens with one attached hydrogen (secondary N) is 1. The van der Waals surface area contributed by atoms with E-state index in [9.17, 15) is 0 Å². The Kier molecular flexibility index (Phi) is 1.33. The molecule has 0 bridgehead atoms. The molecule has 0 amide bonds. The van der Waals surface area contributed by atoms with Gasteiger partial charge >= 0.3 is 0 Å². The number of fused-ring (bicyclic) bond motifs is 3. The Balaban J connectivity index is 2.60. The number of benzene rings is 1. The van der Waals surface area contributed by atoms with Crippen molar-refractivity contribution >= 4 is 22.1 Å². The number of H-pyrrole nitrogens is 1. The van der Waals surface area contributed by atoms with E-state index in [1.165, 1.54) is 0 Å². The van der Waals surface area contributed by atoms with Crippen molar-refractivity contribution in [3.8, 4) is 0 Å². The summed E-state index contributed by atoms with van der Waals surface area (Å²) in [6.45, 7) is 1.97.